The predicted octanol–water partition coefficient (Wildman–Crippen LogP) is 1.80. The molecule has 0 fully saturated rings. The maximum atomic E-state index is 11.8. The molecule has 19 heavy (non-hydrogen) atoms. The zero-order chi connectivity index (χ0) is 14.0. The number of aromatic nitrogens is 1. The number of hydrogen-bond donors (Lipinski definition) is 0. The molecule has 0 aliphatic rings. The van der Waals surface area contributed by atoms with Crippen molar-refractivity contribution in [1.29, 1.82) is 0 Å². The molecular formula is C12H15N3O4. The molecule has 2 rings (SSSR count). The standard InChI is InChI=1S/C12H15N3O4/c1-3-13(4-2)8-14-10-6-5-9(15(17)18)7-11(10)19-12(14)16/h5-7H,3-4,8H2,1-2H3. The molecule has 0 atom stereocenters. The molecule has 0 unspecified atom stereocenters. The van der Waals surface area contributed by atoms with Crippen molar-refractivity contribution in [3.63, 3.8) is 0 Å². The Hall–Kier alpha value is -2.15. The lowest BCUT2D eigenvalue weighted by molar-refractivity contribution is -0.384. The molecule has 0 spiro atoms. The second kappa shape index (κ2) is 5.23. The molecule has 102 valence electrons. The van der Waals surface area contributed by atoms with E-state index in [1.54, 1.807) is 6.07 Å². The summed E-state index contributed by atoms with van der Waals surface area (Å²) in [5.41, 5.74) is 0.727. The van der Waals surface area contributed by atoms with E-state index in [-0.39, 0.29) is 11.3 Å². The summed E-state index contributed by atoms with van der Waals surface area (Å²) < 4.78 is 6.53. The number of non-ortho nitro benzene ring substituents is 1. The van der Waals surface area contributed by atoms with E-state index in [0.717, 1.165) is 13.1 Å². The van der Waals surface area contributed by atoms with Crippen molar-refractivity contribution in [3.8, 4) is 0 Å². The van der Waals surface area contributed by atoms with E-state index in [0.29, 0.717) is 12.2 Å². The molecule has 1 aromatic carbocycles. The van der Waals surface area contributed by atoms with Gasteiger partial charge in [0.1, 0.15) is 0 Å². The smallest absolute Gasteiger partial charge is 0.407 e. The minimum Gasteiger partial charge on any atom is -0.407 e. The van der Waals surface area contributed by atoms with Crippen LogP contribution < -0.4 is 5.76 Å². The van der Waals surface area contributed by atoms with E-state index in [1.807, 2.05) is 13.8 Å². The van der Waals surface area contributed by atoms with Crippen LogP contribution in [0.1, 0.15) is 13.8 Å². The van der Waals surface area contributed by atoms with E-state index < -0.39 is 10.7 Å². The zero-order valence-corrected chi connectivity index (χ0v) is 10.8. The zero-order valence-electron chi connectivity index (χ0n) is 10.8. The van der Waals surface area contributed by atoms with Gasteiger partial charge in [0, 0.05) is 6.07 Å². The average Bonchev–Trinajstić information content (AvgIpc) is 2.70. The Morgan fingerprint density at radius 1 is 1.37 bits per heavy atom. The van der Waals surface area contributed by atoms with Crippen molar-refractivity contribution in [1.82, 2.24) is 9.47 Å². The summed E-state index contributed by atoms with van der Waals surface area (Å²) in [4.78, 5) is 24.0. The number of oxazole rings is 1. The normalized spacial score (nSPS) is 11.3. The Morgan fingerprint density at radius 2 is 2.05 bits per heavy atom. The van der Waals surface area contributed by atoms with Crippen LogP contribution in [0.3, 0.4) is 0 Å². The van der Waals surface area contributed by atoms with Gasteiger partial charge in [-0.15, -0.1) is 0 Å². The SMILES string of the molecule is CCN(CC)Cn1c(=O)oc2cc([N+](=O)[O-])ccc21. The minimum absolute atomic E-state index is 0.0868. The summed E-state index contributed by atoms with van der Waals surface area (Å²) in [6, 6.07) is 4.19. The van der Waals surface area contributed by atoms with Crippen LogP contribution in [0.25, 0.3) is 11.1 Å². The highest BCUT2D eigenvalue weighted by Gasteiger charge is 2.15. The van der Waals surface area contributed by atoms with E-state index in [4.69, 9.17) is 4.42 Å². The van der Waals surface area contributed by atoms with Gasteiger partial charge in [0.15, 0.2) is 5.58 Å². The Bertz CT molecular complexity index is 655. The van der Waals surface area contributed by atoms with Gasteiger partial charge in [-0.1, -0.05) is 13.8 Å². The van der Waals surface area contributed by atoms with E-state index >= 15 is 0 Å². The number of fused-ring (bicyclic) bond motifs is 1. The first-order valence-electron chi connectivity index (χ1n) is 6.07. The Labute approximate surface area is 109 Å². The number of rotatable bonds is 5. The summed E-state index contributed by atoms with van der Waals surface area (Å²) in [7, 11) is 0. The largest absolute Gasteiger partial charge is 0.421 e. The maximum Gasteiger partial charge on any atom is 0.421 e. The Balaban J connectivity index is 2.48. The van der Waals surface area contributed by atoms with Gasteiger partial charge < -0.3 is 4.42 Å². The van der Waals surface area contributed by atoms with Crippen LogP contribution in [-0.2, 0) is 6.67 Å². The molecule has 0 saturated heterocycles. The molecule has 2 aromatic rings. The van der Waals surface area contributed by atoms with Crippen LogP contribution in [0.5, 0.6) is 0 Å². The second-order valence-corrected chi connectivity index (χ2v) is 4.15. The fourth-order valence-electron chi connectivity index (χ4n) is 1.93. The third-order valence-electron chi connectivity index (χ3n) is 3.10. The van der Waals surface area contributed by atoms with E-state index in [2.05, 4.69) is 4.90 Å². The predicted molar refractivity (Wildman–Crippen MR) is 70.0 cm³/mol. The van der Waals surface area contributed by atoms with Gasteiger partial charge in [-0.3, -0.25) is 19.6 Å². The molecule has 0 amide bonds. The van der Waals surface area contributed by atoms with Crippen molar-refractivity contribution < 1.29 is 9.34 Å². The summed E-state index contributed by atoms with van der Waals surface area (Å²) >= 11 is 0. The first kappa shape index (κ1) is 13.3. The number of hydrogen-bond acceptors (Lipinski definition) is 5. The van der Waals surface area contributed by atoms with Crippen molar-refractivity contribution >= 4 is 16.8 Å². The number of nitrogens with zero attached hydrogens (tertiary/aromatic N) is 3. The fourth-order valence-corrected chi connectivity index (χ4v) is 1.93. The third kappa shape index (κ3) is 2.50. The highest BCUT2D eigenvalue weighted by molar-refractivity contribution is 5.75. The van der Waals surface area contributed by atoms with Crippen LogP contribution in [0.2, 0.25) is 0 Å². The minimum atomic E-state index is -0.513. The molecule has 0 saturated carbocycles. The first-order chi connectivity index (χ1) is 9.06. The summed E-state index contributed by atoms with van der Waals surface area (Å²) in [5.74, 6) is -0.498. The van der Waals surface area contributed by atoms with Crippen molar-refractivity contribution in [2.45, 2.75) is 20.5 Å². The average molecular weight is 265 g/mol. The van der Waals surface area contributed by atoms with Gasteiger partial charge in [0.05, 0.1) is 23.2 Å². The van der Waals surface area contributed by atoms with Gasteiger partial charge in [0.25, 0.3) is 5.69 Å². The molecule has 1 aromatic heterocycles. The van der Waals surface area contributed by atoms with Crippen molar-refractivity contribution in [2.24, 2.45) is 0 Å². The summed E-state index contributed by atoms with van der Waals surface area (Å²) in [6.07, 6.45) is 0. The van der Waals surface area contributed by atoms with Crippen LogP contribution in [0.4, 0.5) is 5.69 Å². The fraction of sp³-hybridized carbons (Fsp3) is 0.417. The molecule has 7 heteroatoms. The number of nitro groups is 1. The van der Waals surface area contributed by atoms with Gasteiger partial charge in [-0.05, 0) is 19.2 Å². The molecular weight excluding hydrogens is 250 g/mol. The van der Waals surface area contributed by atoms with Crippen molar-refractivity contribution in [2.75, 3.05) is 13.1 Å². The monoisotopic (exact) mass is 265 g/mol. The van der Waals surface area contributed by atoms with Crippen LogP contribution in [-0.4, -0.2) is 27.5 Å². The molecule has 0 N–H and O–H groups in total. The Kier molecular flexibility index (Phi) is 3.66. The lowest BCUT2D eigenvalue weighted by Crippen LogP contribution is -2.30. The molecule has 7 nitrogen and oxygen atoms in total. The third-order valence-corrected chi connectivity index (χ3v) is 3.10. The van der Waals surface area contributed by atoms with Crippen LogP contribution >= 0.6 is 0 Å². The lowest BCUT2D eigenvalue weighted by atomic mass is 10.3. The molecule has 0 bridgehead atoms. The van der Waals surface area contributed by atoms with Gasteiger partial charge >= 0.3 is 5.76 Å². The van der Waals surface area contributed by atoms with Gasteiger partial charge in [-0.2, -0.15) is 0 Å². The molecule has 0 radical (unpaired) electrons. The second-order valence-electron chi connectivity index (χ2n) is 4.15. The highest BCUT2D eigenvalue weighted by Crippen LogP contribution is 2.20. The number of benzene rings is 1. The molecule has 0 aliphatic carbocycles. The van der Waals surface area contributed by atoms with Crippen molar-refractivity contribution in [3.05, 3.63) is 38.9 Å². The quantitative estimate of drug-likeness (QED) is 0.608. The highest BCUT2D eigenvalue weighted by atomic mass is 16.6. The molecule has 0 aliphatic heterocycles. The summed E-state index contributed by atoms with van der Waals surface area (Å²) in [5, 5.41) is 10.7. The summed E-state index contributed by atoms with van der Waals surface area (Å²) in [6.45, 7) is 6.03. The van der Waals surface area contributed by atoms with Gasteiger partial charge in [-0.25, -0.2) is 4.79 Å². The van der Waals surface area contributed by atoms with Crippen LogP contribution in [0.15, 0.2) is 27.4 Å². The lowest BCUT2D eigenvalue weighted by Gasteiger charge is -2.17. The number of nitro benzene ring substituents is 1. The Morgan fingerprint density at radius 3 is 2.63 bits per heavy atom. The van der Waals surface area contributed by atoms with Gasteiger partial charge in [0.2, 0.25) is 0 Å². The first-order valence-corrected chi connectivity index (χ1v) is 6.07. The topological polar surface area (TPSA) is 81.5 Å². The molecule has 1 heterocycles. The maximum absolute atomic E-state index is 11.8. The van der Waals surface area contributed by atoms with Crippen LogP contribution in [0, 0.1) is 10.1 Å². The van der Waals surface area contributed by atoms with E-state index in [1.165, 1.54) is 16.7 Å². The van der Waals surface area contributed by atoms with E-state index in [9.17, 15) is 14.9 Å².